The van der Waals surface area contributed by atoms with Crippen molar-refractivity contribution in [2.24, 2.45) is 0 Å². The molecule has 4 heteroatoms. The Morgan fingerprint density at radius 3 is 2.04 bits per heavy atom. The van der Waals surface area contributed by atoms with Crippen LogP contribution in [-0.4, -0.2) is 23.3 Å². The van der Waals surface area contributed by atoms with Crippen LogP contribution in [0.3, 0.4) is 0 Å². The van der Waals surface area contributed by atoms with E-state index in [9.17, 15) is 10.1 Å². The number of unbranched alkanes of at least 4 members (excludes halogenated alkanes) is 3. The fourth-order valence-corrected chi connectivity index (χ4v) is 20.9. The number of allylic oxidation sites excluding steroid dienone is 1. The van der Waals surface area contributed by atoms with E-state index in [1.165, 1.54) is 51.8 Å². The Morgan fingerprint density at radius 2 is 1.56 bits per heavy atom. The van der Waals surface area contributed by atoms with E-state index in [-0.39, 0.29) is 4.92 Å². The van der Waals surface area contributed by atoms with E-state index < -0.39 is 18.4 Å². The van der Waals surface area contributed by atoms with Crippen LogP contribution in [0.15, 0.2) is 21.8 Å². The number of benzene rings is 1. The summed E-state index contributed by atoms with van der Waals surface area (Å²) in [6.07, 6.45) is 11.0. The van der Waals surface area contributed by atoms with Crippen molar-refractivity contribution in [2.45, 2.75) is 79.0 Å². The van der Waals surface area contributed by atoms with Gasteiger partial charge in [-0.15, -0.1) is 0 Å². The van der Waals surface area contributed by atoms with Gasteiger partial charge in [-0.05, 0) is 0 Å². The second-order valence-corrected chi connectivity index (χ2v) is 21.0. The molecule has 0 bridgehead atoms. The Kier molecular flexibility index (Phi) is 7.98. The summed E-state index contributed by atoms with van der Waals surface area (Å²) >= 11 is -2.45. The molecule has 1 aromatic carbocycles. The Balaban J connectivity index is 2.36. The van der Waals surface area contributed by atoms with Crippen LogP contribution in [0.1, 0.15) is 70.4 Å². The van der Waals surface area contributed by atoms with E-state index in [2.05, 4.69) is 32.9 Å². The van der Waals surface area contributed by atoms with Gasteiger partial charge in [0.15, 0.2) is 0 Å². The molecule has 0 spiro atoms. The Hall–Kier alpha value is -0.841. The first kappa shape index (κ1) is 20.5. The molecule has 3 nitrogen and oxygen atoms in total. The first-order chi connectivity index (χ1) is 12.1. The van der Waals surface area contributed by atoms with E-state index in [1.54, 1.807) is 9.66 Å². The topological polar surface area (TPSA) is 43.1 Å². The van der Waals surface area contributed by atoms with Gasteiger partial charge < -0.3 is 0 Å². The van der Waals surface area contributed by atoms with Crippen LogP contribution in [0.25, 0.3) is 6.08 Å². The number of hydrogen-bond acceptors (Lipinski definition) is 2. The molecule has 25 heavy (non-hydrogen) atoms. The number of nitro groups is 1. The standard InChI is InChI=1S/C9H6NO2.3C4H9.Sn/c11-10(12)9-6-2-4-7-3-1-5-8(7)9;3*1-3-4-2;/h2-4,6H,5H2;3*1,3-4H2,2H3;. The monoisotopic (exact) mass is 451 g/mol. The van der Waals surface area contributed by atoms with E-state index >= 15 is 0 Å². The molecule has 0 unspecified atom stereocenters. The number of hydrogen-bond donors (Lipinski definition) is 0. The molecule has 0 saturated carbocycles. The molecule has 138 valence electrons. The molecule has 0 saturated heterocycles. The average molecular weight is 450 g/mol. The van der Waals surface area contributed by atoms with Crippen molar-refractivity contribution >= 4 is 30.1 Å². The first-order valence-electron chi connectivity index (χ1n) is 10.0. The molecule has 0 amide bonds. The van der Waals surface area contributed by atoms with E-state index in [0.29, 0.717) is 5.69 Å². The van der Waals surface area contributed by atoms with Crippen molar-refractivity contribution < 1.29 is 4.92 Å². The molecule has 0 fully saturated rings. The summed E-state index contributed by atoms with van der Waals surface area (Å²) in [5.41, 5.74) is 2.42. The van der Waals surface area contributed by atoms with Crippen molar-refractivity contribution in [1.29, 1.82) is 0 Å². The zero-order valence-electron chi connectivity index (χ0n) is 16.1. The van der Waals surface area contributed by atoms with Gasteiger partial charge in [-0.25, -0.2) is 0 Å². The summed E-state index contributed by atoms with van der Waals surface area (Å²) in [5.74, 6) is 0. The molecule has 0 radical (unpaired) electrons. The Morgan fingerprint density at radius 1 is 1.00 bits per heavy atom. The minimum absolute atomic E-state index is 0.197. The third-order valence-corrected chi connectivity index (χ3v) is 21.8. The Bertz CT molecular complexity index is 603. The van der Waals surface area contributed by atoms with Crippen LogP contribution in [0.4, 0.5) is 5.69 Å². The van der Waals surface area contributed by atoms with Gasteiger partial charge in [0, 0.05) is 0 Å². The third-order valence-electron chi connectivity index (χ3n) is 5.79. The second kappa shape index (κ2) is 9.75. The van der Waals surface area contributed by atoms with E-state index in [0.717, 1.165) is 17.5 Å². The molecular weight excluding hydrogens is 417 g/mol. The molecular formula is C21H33NO2Sn. The van der Waals surface area contributed by atoms with Crippen LogP contribution < -0.4 is 0 Å². The predicted molar refractivity (Wildman–Crippen MR) is 110 cm³/mol. The van der Waals surface area contributed by atoms with Gasteiger partial charge in [-0.1, -0.05) is 0 Å². The van der Waals surface area contributed by atoms with Gasteiger partial charge >= 0.3 is 157 Å². The molecule has 0 aromatic heterocycles. The van der Waals surface area contributed by atoms with Crippen molar-refractivity contribution in [3.8, 4) is 0 Å². The molecule has 1 aromatic rings. The summed E-state index contributed by atoms with van der Waals surface area (Å²) < 4.78 is 5.95. The molecule has 1 aliphatic carbocycles. The molecule has 2 rings (SSSR count). The number of nitrogens with zero attached hydrogens (tertiary/aromatic N) is 1. The normalized spacial score (nSPS) is 13.6. The van der Waals surface area contributed by atoms with Crippen molar-refractivity contribution in [3.05, 3.63) is 43.0 Å². The fourth-order valence-electron chi connectivity index (χ4n) is 4.26. The van der Waals surface area contributed by atoms with Crippen LogP contribution in [-0.2, 0) is 6.42 Å². The molecule has 0 N–H and O–H groups in total. The maximum atomic E-state index is 11.4. The Labute approximate surface area is 156 Å². The van der Waals surface area contributed by atoms with Gasteiger partial charge in [0.1, 0.15) is 0 Å². The van der Waals surface area contributed by atoms with E-state index in [1.807, 2.05) is 6.07 Å². The maximum absolute atomic E-state index is 11.4. The quantitative estimate of drug-likeness (QED) is 0.209. The molecule has 1 aliphatic rings. The van der Waals surface area contributed by atoms with Gasteiger partial charge in [0.25, 0.3) is 0 Å². The molecule has 0 aliphatic heterocycles. The van der Waals surface area contributed by atoms with Crippen molar-refractivity contribution in [1.82, 2.24) is 0 Å². The minimum atomic E-state index is -2.45. The van der Waals surface area contributed by atoms with Gasteiger partial charge in [0.2, 0.25) is 0 Å². The van der Waals surface area contributed by atoms with Crippen LogP contribution in [0, 0.1) is 10.1 Å². The summed E-state index contributed by atoms with van der Waals surface area (Å²) in [6, 6.07) is 5.60. The van der Waals surface area contributed by atoms with Gasteiger partial charge in [-0.2, -0.15) is 0 Å². The number of rotatable bonds is 11. The zero-order chi connectivity index (χ0) is 18.3. The summed E-state index contributed by atoms with van der Waals surface area (Å²) in [4.78, 5) is 11.2. The summed E-state index contributed by atoms with van der Waals surface area (Å²) in [6.45, 7) is 6.87. The SMILES string of the molecule is CCC[CH2][Sn]([CH2]CCC)([CH2]CCC)[C]1=Cc2cccc([N+](=O)[O-])c2C1. The zero-order valence-corrected chi connectivity index (χ0v) is 19.0. The fraction of sp³-hybridized carbons (Fsp3) is 0.619. The summed E-state index contributed by atoms with van der Waals surface area (Å²) in [7, 11) is 0. The molecule has 0 atom stereocenters. The third kappa shape index (κ3) is 4.87. The summed E-state index contributed by atoms with van der Waals surface area (Å²) in [5, 5.41) is 11.4. The van der Waals surface area contributed by atoms with Crippen molar-refractivity contribution in [3.63, 3.8) is 0 Å². The van der Waals surface area contributed by atoms with Crippen LogP contribution >= 0.6 is 0 Å². The van der Waals surface area contributed by atoms with Gasteiger partial charge in [0.05, 0.1) is 0 Å². The van der Waals surface area contributed by atoms with Crippen LogP contribution in [0.2, 0.25) is 13.3 Å². The predicted octanol–water partition coefficient (Wildman–Crippen LogP) is 6.92. The van der Waals surface area contributed by atoms with Gasteiger partial charge in [-0.3, -0.25) is 0 Å². The number of fused-ring (bicyclic) bond motifs is 1. The first-order valence-corrected chi connectivity index (χ1v) is 17.5. The van der Waals surface area contributed by atoms with Crippen LogP contribution in [0.5, 0.6) is 0 Å². The van der Waals surface area contributed by atoms with Crippen molar-refractivity contribution in [2.75, 3.05) is 0 Å². The second-order valence-electron chi connectivity index (χ2n) is 7.54. The van der Waals surface area contributed by atoms with E-state index in [4.69, 9.17) is 0 Å². The average Bonchev–Trinajstić information content (AvgIpc) is 3.06. The number of nitro benzene ring substituents is 1. The molecule has 0 heterocycles.